The molecule has 3 aromatic rings. The van der Waals surface area contributed by atoms with E-state index < -0.39 is 0 Å². The van der Waals surface area contributed by atoms with E-state index in [-0.39, 0.29) is 11.0 Å². The Morgan fingerprint density at radius 1 is 0.972 bits per heavy atom. The lowest BCUT2D eigenvalue weighted by Crippen LogP contribution is -2.42. The molecule has 5 rings (SSSR count). The van der Waals surface area contributed by atoms with Crippen LogP contribution in [0.3, 0.4) is 0 Å². The van der Waals surface area contributed by atoms with E-state index in [4.69, 9.17) is 4.74 Å². The molecule has 1 N–H and O–H groups in total. The molecular weight excluding hydrogens is 447 g/mol. The number of fused-ring (bicyclic) bond motifs is 2. The van der Waals surface area contributed by atoms with Crippen molar-refractivity contribution < 1.29 is 9.84 Å². The minimum atomic E-state index is -0.370. The Labute approximate surface area is 216 Å². The predicted octanol–water partition coefficient (Wildman–Crippen LogP) is 1.99. The van der Waals surface area contributed by atoms with Crippen molar-refractivity contribution in [2.75, 3.05) is 11.9 Å². The van der Waals surface area contributed by atoms with Gasteiger partial charge >= 0.3 is 0 Å². The number of phenolic OH excluding ortho intramolecular Hbond substituents is 1. The van der Waals surface area contributed by atoms with E-state index >= 15 is 0 Å². The summed E-state index contributed by atoms with van der Waals surface area (Å²) in [7, 11) is 8.03. The molecule has 2 fully saturated rings. The van der Waals surface area contributed by atoms with E-state index in [1.807, 2.05) is 53.9 Å². The molecule has 2 aliphatic carbocycles. The number of benzene rings is 1. The summed E-state index contributed by atoms with van der Waals surface area (Å²) in [6.07, 6.45) is 8.06. The van der Waals surface area contributed by atoms with Gasteiger partial charge in [0.15, 0.2) is 5.82 Å². The van der Waals surface area contributed by atoms with Crippen molar-refractivity contribution >= 4 is 29.4 Å². The van der Waals surface area contributed by atoms with E-state index in [0.29, 0.717) is 34.0 Å². The number of ether oxygens (including phenoxy) is 1. The summed E-state index contributed by atoms with van der Waals surface area (Å²) < 4.78 is 5.83. The Kier molecular flexibility index (Phi) is 6.04. The molecule has 2 bridgehead atoms. The molecule has 36 heavy (non-hydrogen) atoms. The van der Waals surface area contributed by atoms with Gasteiger partial charge in [0.2, 0.25) is 5.88 Å². The second-order valence-electron chi connectivity index (χ2n) is 12.5. The topological polar surface area (TPSA) is 84.3 Å². The van der Waals surface area contributed by atoms with Gasteiger partial charge in [0.25, 0.3) is 0 Å². The van der Waals surface area contributed by atoms with E-state index in [1.54, 1.807) is 12.3 Å². The lowest BCUT2D eigenvalue weighted by Gasteiger charge is -2.44. The second-order valence-corrected chi connectivity index (χ2v) is 12.5. The SMILES string of the molecule is BC(B)(B)Oc1cc(-c2ccc(-c3ccc(N(C)[C@H]4C[C@]5(C)CC[C@](C)(C4)C5)nn3)c(O)c2)cnn1. The van der Waals surface area contributed by atoms with Gasteiger partial charge in [0.1, 0.15) is 29.3 Å². The standard InChI is InChI=1S/C26H34B3N5O2/c1-24-8-9-25(2,15-24)13-18(12-24)34(3)22-7-6-20(31-32-22)19-5-4-16(10-21(19)35)17-11-23(33-30-14-17)36-26(27,28)29/h4-7,10-11,14,18,35H,8-9,12-13,15,27-29H2,1-3H3/t18-,24-,25+. The summed E-state index contributed by atoms with van der Waals surface area (Å²) in [5.74, 6) is 1.47. The summed E-state index contributed by atoms with van der Waals surface area (Å²) in [4.78, 5) is 2.30. The van der Waals surface area contributed by atoms with Crippen LogP contribution in [0.1, 0.15) is 46.0 Å². The molecule has 0 aliphatic heterocycles. The van der Waals surface area contributed by atoms with Crippen molar-refractivity contribution in [3.05, 3.63) is 42.6 Å². The van der Waals surface area contributed by atoms with Gasteiger partial charge < -0.3 is 14.7 Å². The number of aromatic nitrogens is 4. The smallest absolute Gasteiger partial charge is 0.232 e. The summed E-state index contributed by atoms with van der Waals surface area (Å²) in [5.41, 5.74) is 3.81. The minimum Gasteiger partial charge on any atom is -0.507 e. The van der Waals surface area contributed by atoms with Gasteiger partial charge in [-0.25, -0.2) is 0 Å². The highest BCUT2D eigenvalue weighted by molar-refractivity contribution is 6.58. The fraction of sp³-hybridized carbons (Fsp3) is 0.462. The number of rotatable bonds is 6. The molecule has 10 heteroatoms. The first-order chi connectivity index (χ1) is 16.9. The van der Waals surface area contributed by atoms with Crippen molar-refractivity contribution in [1.82, 2.24) is 20.4 Å². The molecule has 3 atom stereocenters. The van der Waals surface area contributed by atoms with Crippen LogP contribution in [0.4, 0.5) is 5.82 Å². The van der Waals surface area contributed by atoms with E-state index in [1.165, 1.54) is 32.1 Å². The van der Waals surface area contributed by atoms with Crippen molar-refractivity contribution in [2.45, 2.75) is 57.3 Å². The molecule has 7 nitrogen and oxygen atoms in total. The summed E-state index contributed by atoms with van der Waals surface area (Å²) in [5, 5.41) is 27.6. The summed E-state index contributed by atoms with van der Waals surface area (Å²) in [6.45, 7) is 4.89. The van der Waals surface area contributed by atoms with E-state index in [0.717, 1.165) is 16.9 Å². The van der Waals surface area contributed by atoms with Crippen LogP contribution in [0, 0.1) is 10.8 Å². The molecule has 0 unspecified atom stereocenters. The van der Waals surface area contributed by atoms with Gasteiger partial charge in [0.05, 0.1) is 11.9 Å². The fourth-order valence-electron chi connectivity index (χ4n) is 6.28. The Morgan fingerprint density at radius 2 is 1.69 bits per heavy atom. The Morgan fingerprint density at radius 3 is 2.31 bits per heavy atom. The fourth-order valence-corrected chi connectivity index (χ4v) is 6.28. The molecule has 184 valence electrons. The third kappa shape index (κ3) is 5.09. The van der Waals surface area contributed by atoms with Crippen molar-refractivity contribution in [3.63, 3.8) is 0 Å². The third-order valence-corrected chi connectivity index (χ3v) is 7.85. The van der Waals surface area contributed by atoms with E-state index in [2.05, 4.69) is 46.2 Å². The first-order valence-corrected chi connectivity index (χ1v) is 12.8. The van der Waals surface area contributed by atoms with Crippen LogP contribution in [0.15, 0.2) is 42.6 Å². The van der Waals surface area contributed by atoms with Crippen LogP contribution in [0.5, 0.6) is 11.6 Å². The molecule has 2 saturated carbocycles. The largest absolute Gasteiger partial charge is 0.507 e. The van der Waals surface area contributed by atoms with Gasteiger partial charge in [-0.15, -0.1) is 15.3 Å². The maximum Gasteiger partial charge on any atom is 0.232 e. The first-order valence-electron chi connectivity index (χ1n) is 12.8. The van der Waals surface area contributed by atoms with Crippen LogP contribution >= 0.6 is 0 Å². The van der Waals surface area contributed by atoms with Crippen LogP contribution in [-0.4, -0.2) is 67.4 Å². The lowest BCUT2D eigenvalue weighted by atomic mass is 9.52. The number of anilines is 1. The average Bonchev–Trinajstić information content (AvgIpc) is 3.04. The summed E-state index contributed by atoms with van der Waals surface area (Å²) in [6, 6.07) is 11.8. The van der Waals surface area contributed by atoms with Crippen LogP contribution in [0.25, 0.3) is 22.4 Å². The molecule has 0 amide bonds. The highest BCUT2D eigenvalue weighted by Crippen LogP contribution is 2.58. The molecule has 2 aromatic heterocycles. The van der Waals surface area contributed by atoms with Gasteiger partial charge in [-0.2, -0.15) is 5.10 Å². The molecule has 2 heterocycles. The molecule has 1 aromatic carbocycles. The monoisotopic (exact) mass is 481 g/mol. The Bertz CT molecular complexity index is 1250. The zero-order valence-electron chi connectivity index (χ0n) is 22.2. The van der Waals surface area contributed by atoms with Crippen molar-refractivity contribution in [2.24, 2.45) is 10.8 Å². The van der Waals surface area contributed by atoms with Gasteiger partial charge in [-0.3, -0.25) is 0 Å². The van der Waals surface area contributed by atoms with Crippen LogP contribution in [0.2, 0.25) is 0 Å². The molecule has 0 radical (unpaired) electrons. The minimum absolute atomic E-state index is 0.141. The third-order valence-electron chi connectivity index (χ3n) is 7.85. The van der Waals surface area contributed by atoms with Crippen molar-refractivity contribution in [3.8, 4) is 34.0 Å². The quantitative estimate of drug-likeness (QED) is 0.540. The number of nitrogens with zero attached hydrogens (tertiary/aromatic N) is 5. The molecule has 2 aliphatic rings. The predicted molar refractivity (Wildman–Crippen MR) is 151 cm³/mol. The number of hydrogen-bond donors (Lipinski definition) is 1. The zero-order chi connectivity index (χ0) is 25.7. The van der Waals surface area contributed by atoms with Crippen LogP contribution < -0.4 is 9.64 Å². The molecule has 0 spiro atoms. The van der Waals surface area contributed by atoms with E-state index in [9.17, 15) is 5.11 Å². The average molecular weight is 481 g/mol. The van der Waals surface area contributed by atoms with Crippen LogP contribution in [-0.2, 0) is 0 Å². The maximum atomic E-state index is 10.8. The maximum absolute atomic E-state index is 10.8. The second kappa shape index (κ2) is 8.82. The summed E-state index contributed by atoms with van der Waals surface area (Å²) >= 11 is 0. The number of hydrogen-bond acceptors (Lipinski definition) is 7. The normalized spacial score (nSPS) is 25.5. The number of aromatic hydroxyl groups is 1. The van der Waals surface area contributed by atoms with Gasteiger partial charge in [-0.1, -0.05) is 19.9 Å². The molecular formula is C26H34B3N5O2. The van der Waals surface area contributed by atoms with Crippen molar-refractivity contribution in [1.29, 1.82) is 0 Å². The Balaban J connectivity index is 1.33. The number of phenols is 1. The van der Waals surface area contributed by atoms with Gasteiger partial charge in [0, 0.05) is 35.6 Å². The lowest BCUT2D eigenvalue weighted by molar-refractivity contribution is 0.148. The highest BCUT2D eigenvalue weighted by Gasteiger charge is 2.50. The molecule has 0 saturated heterocycles. The first kappa shape index (κ1) is 24.7. The Hall–Kier alpha value is -3.03. The highest BCUT2D eigenvalue weighted by atomic mass is 16.5. The van der Waals surface area contributed by atoms with Gasteiger partial charge in [-0.05, 0) is 72.8 Å². The zero-order valence-corrected chi connectivity index (χ0v) is 22.2.